The third kappa shape index (κ3) is 3.93. The van der Waals surface area contributed by atoms with Crippen LogP contribution in [0.25, 0.3) is 0 Å². The first-order chi connectivity index (χ1) is 7.93. The molecule has 1 heterocycles. The minimum absolute atomic E-state index is 0.104. The first-order valence-electron chi connectivity index (χ1n) is 6.66. The molecule has 1 aliphatic rings. The Bertz CT molecular complexity index is 374. The third-order valence-corrected chi connectivity index (χ3v) is 5.26. The summed E-state index contributed by atoms with van der Waals surface area (Å²) in [5.74, 6) is 0. The van der Waals surface area contributed by atoms with E-state index in [1.165, 1.54) is 6.26 Å². The second kappa shape index (κ2) is 5.10. The number of likely N-dealkylation sites (tertiary alicyclic amines) is 1. The van der Waals surface area contributed by atoms with Gasteiger partial charge in [-0.25, -0.2) is 13.1 Å². The third-order valence-electron chi connectivity index (χ3n) is 4.50. The normalized spacial score (nSPS) is 21.2. The Morgan fingerprint density at radius 2 is 1.50 bits per heavy atom. The van der Waals surface area contributed by atoms with E-state index in [4.69, 9.17) is 0 Å². The highest BCUT2D eigenvalue weighted by Crippen LogP contribution is 2.36. The van der Waals surface area contributed by atoms with E-state index in [-0.39, 0.29) is 17.0 Å². The highest BCUT2D eigenvalue weighted by atomic mass is 32.2. The van der Waals surface area contributed by atoms with E-state index < -0.39 is 10.0 Å². The van der Waals surface area contributed by atoms with Crippen LogP contribution in [0.4, 0.5) is 0 Å². The summed E-state index contributed by atoms with van der Waals surface area (Å²) in [4.78, 5) is 2.48. The van der Waals surface area contributed by atoms with Crippen LogP contribution in [0, 0.1) is 5.41 Å². The standard InChI is InChI=1S/C13H28N2O2S/c1-12(2,3)13(4,5)15-9-7-11(8-10-15)14-18(6,16)17/h11,14H,7-10H2,1-6H3. The van der Waals surface area contributed by atoms with Crippen molar-refractivity contribution in [3.05, 3.63) is 0 Å². The predicted octanol–water partition coefficient (Wildman–Crippen LogP) is 1.82. The second-order valence-electron chi connectivity index (χ2n) is 6.96. The van der Waals surface area contributed by atoms with Gasteiger partial charge in [-0.2, -0.15) is 0 Å². The summed E-state index contributed by atoms with van der Waals surface area (Å²) in [5.41, 5.74) is 0.340. The average molecular weight is 276 g/mol. The summed E-state index contributed by atoms with van der Waals surface area (Å²) in [7, 11) is -3.07. The number of nitrogens with one attached hydrogen (secondary N) is 1. The van der Waals surface area contributed by atoms with Gasteiger partial charge in [0, 0.05) is 24.7 Å². The highest BCUT2D eigenvalue weighted by molar-refractivity contribution is 7.88. The van der Waals surface area contributed by atoms with E-state index >= 15 is 0 Å². The molecule has 0 bridgehead atoms. The van der Waals surface area contributed by atoms with E-state index in [9.17, 15) is 8.42 Å². The molecule has 0 radical (unpaired) electrons. The Balaban J connectivity index is 2.60. The van der Waals surface area contributed by atoms with E-state index in [2.05, 4.69) is 44.2 Å². The molecule has 0 saturated carbocycles. The summed E-state index contributed by atoms with van der Waals surface area (Å²) in [6.45, 7) is 13.2. The van der Waals surface area contributed by atoms with Gasteiger partial charge in [0.05, 0.1) is 6.26 Å². The lowest BCUT2D eigenvalue weighted by molar-refractivity contribution is 0.00391. The maximum atomic E-state index is 11.2. The smallest absolute Gasteiger partial charge is 0.208 e. The molecule has 0 amide bonds. The molecule has 4 nitrogen and oxygen atoms in total. The van der Waals surface area contributed by atoms with Gasteiger partial charge >= 0.3 is 0 Å². The maximum absolute atomic E-state index is 11.2. The largest absolute Gasteiger partial charge is 0.298 e. The lowest BCUT2D eigenvalue weighted by atomic mass is 9.74. The lowest BCUT2D eigenvalue weighted by Crippen LogP contribution is -2.57. The van der Waals surface area contributed by atoms with Crippen LogP contribution in [0.15, 0.2) is 0 Å². The monoisotopic (exact) mass is 276 g/mol. The number of nitrogens with zero attached hydrogens (tertiary/aromatic N) is 1. The highest BCUT2D eigenvalue weighted by Gasteiger charge is 2.39. The molecule has 0 aromatic carbocycles. The first-order valence-corrected chi connectivity index (χ1v) is 8.55. The van der Waals surface area contributed by atoms with Crippen molar-refractivity contribution in [2.45, 2.75) is 59.0 Å². The van der Waals surface area contributed by atoms with E-state index in [0.29, 0.717) is 0 Å². The Kier molecular flexibility index (Phi) is 4.51. The molecule has 5 heteroatoms. The molecule has 0 atom stereocenters. The van der Waals surface area contributed by atoms with Gasteiger partial charge in [0.15, 0.2) is 0 Å². The van der Waals surface area contributed by atoms with Gasteiger partial charge in [0.25, 0.3) is 0 Å². The molecule has 1 saturated heterocycles. The lowest BCUT2D eigenvalue weighted by Gasteiger charge is -2.50. The fraction of sp³-hybridized carbons (Fsp3) is 1.00. The molecule has 18 heavy (non-hydrogen) atoms. The van der Waals surface area contributed by atoms with Gasteiger partial charge < -0.3 is 0 Å². The van der Waals surface area contributed by atoms with Crippen molar-refractivity contribution in [1.82, 2.24) is 9.62 Å². The van der Waals surface area contributed by atoms with Crippen molar-refractivity contribution in [1.29, 1.82) is 0 Å². The van der Waals surface area contributed by atoms with E-state index in [0.717, 1.165) is 25.9 Å². The number of sulfonamides is 1. The zero-order chi connectivity index (χ0) is 14.2. The summed E-state index contributed by atoms with van der Waals surface area (Å²) < 4.78 is 25.1. The minimum atomic E-state index is -3.07. The molecular formula is C13H28N2O2S. The molecule has 0 aromatic rings. The molecule has 1 rings (SSSR count). The van der Waals surface area contributed by atoms with E-state index in [1.807, 2.05) is 0 Å². The zero-order valence-corrected chi connectivity index (χ0v) is 13.4. The van der Waals surface area contributed by atoms with Gasteiger partial charge in [-0.05, 0) is 32.1 Å². The van der Waals surface area contributed by atoms with Crippen LogP contribution in [0.5, 0.6) is 0 Å². The van der Waals surface area contributed by atoms with Crippen molar-refractivity contribution < 1.29 is 8.42 Å². The number of hydrogen-bond donors (Lipinski definition) is 1. The van der Waals surface area contributed by atoms with Crippen molar-refractivity contribution in [2.24, 2.45) is 5.41 Å². The quantitative estimate of drug-likeness (QED) is 0.855. The van der Waals surface area contributed by atoms with Crippen molar-refractivity contribution >= 4 is 10.0 Å². The van der Waals surface area contributed by atoms with Gasteiger partial charge in [0.1, 0.15) is 0 Å². The minimum Gasteiger partial charge on any atom is -0.298 e. The second-order valence-corrected chi connectivity index (χ2v) is 8.74. The van der Waals surface area contributed by atoms with Gasteiger partial charge in [-0.3, -0.25) is 4.90 Å². The Hall–Kier alpha value is -0.130. The summed E-state index contributed by atoms with van der Waals surface area (Å²) >= 11 is 0. The predicted molar refractivity (Wildman–Crippen MR) is 76.1 cm³/mol. The zero-order valence-electron chi connectivity index (χ0n) is 12.6. The summed E-state index contributed by atoms with van der Waals surface area (Å²) in [6.07, 6.45) is 3.03. The van der Waals surface area contributed by atoms with Gasteiger partial charge in [-0.1, -0.05) is 20.8 Å². The van der Waals surface area contributed by atoms with Crippen LogP contribution < -0.4 is 4.72 Å². The van der Waals surface area contributed by atoms with Crippen molar-refractivity contribution in [2.75, 3.05) is 19.3 Å². The van der Waals surface area contributed by atoms with E-state index in [1.54, 1.807) is 0 Å². The summed E-state index contributed by atoms with van der Waals surface area (Å²) in [5, 5.41) is 0. The molecule has 0 aromatic heterocycles. The number of piperidine rings is 1. The van der Waals surface area contributed by atoms with Crippen LogP contribution in [0.3, 0.4) is 0 Å². The Morgan fingerprint density at radius 3 is 1.83 bits per heavy atom. The summed E-state index contributed by atoms with van der Waals surface area (Å²) in [6, 6.07) is 0.104. The molecule has 1 N–H and O–H groups in total. The molecule has 1 fully saturated rings. The van der Waals surface area contributed by atoms with Crippen LogP contribution in [-0.2, 0) is 10.0 Å². The molecule has 0 unspecified atom stereocenters. The van der Waals surface area contributed by atoms with Gasteiger partial charge in [-0.15, -0.1) is 0 Å². The topological polar surface area (TPSA) is 49.4 Å². The van der Waals surface area contributed by atoms with Gasteiger partial charge in [0.2, 0.25) is 10.0 Å². The Labute approximate surface area is 112 Å². The average Bonchev–Trinajstić information content (AvgIpc) is 2.14. The van der Waals surface area contributed by atoms with Crippen LogP contribution in [-0.4, -0.2) is 44.2 Å². The van der Waals surface area contributed by atoms with Crippen LogP contribution in [0.1, 0.15) is 47.5 Å². The van der Waals surface area contributed by atoms with Crippen molar-refractivity contribution in [3.63, 3.8) is 0 Å². The fourth-order valence-corrected chi connectivity index (χ4v) is 3.17. The van der Waals surface area contributed by atoms with Crippen LogP contribution in [0.2, 0.25) is 0 Å². The van der Waals surface area contributed by atoms with Crippen LogP contribution >= 0.6 is 0 Å². The first kappa shape index (κ1) is 15.9. The molecular weight excluding hydrogens is 248 g/mol. The number of hydrogen-bond acceptors (Lipinski definition) is 3. The Morgan fingerprint density at radius 1 is 1.06 bits per heavy atom. The molecule has 0 spiro atoms. The molecule has 0 aliphatic carbocycles. The SMILES string of the molecule is CC(C)(C)C(C)(C)N1CCC(NS(C)(=O)=O)CC1. The molecule has 1 aliphatic heterocycles. The molecule has 108 valence electrons. The fourth-order valence-electron chi connectivity index (χ4n) is 2.33. The number of rotatable bonds is 3. The van der Waals surface area contributed by atoms with Crippen molar-refractivity contribution in [3.8, 4) is 0 Å². The maximum Gasteiger partial charge on any atom is 0.208 e.